The number of ether oxygens (including phenoxy) is 4. The first-order chi connectivity index (χ1) is 25.2. The first-order valence-electron chi connectivity index (χ1n) is 20.5. The molecule has 0 radical (unpaired) electrons. The number of nitrogens with one attached hydrogen (secondary N) is 1. The normalized spacial score (nSPS) is 37.0. The number of likely N-dealkylation sites (tertiary alicyclic amines) is 1. The van der Waals surface area contributed by atoms with Crippen molar-refractivity contribution in [1.29, 1.82) is 0 Å². The van der Waals surface area contributed by atoms with Crippen LogP contribution in [0.1, 0.15) is 137 Å². The van der Waals surface area contributed by atoms with Crippen LogP contribution in [0.25, 0.3) is 0 Å². The molecule has 0 aromatic carbocycles. The first-order valence-corrected chi connectivity index (χ1v) is 20.5. The highest BCUT2D eigenvalue weighted by molar-refractivity contribution is 5.89. The minimum Gasteiger partial charge on any atom is -0.464 e. The lowest BCUT2D eigenvalue weighted by molar-refractivity contribution is -0.154. The summed E-state index contributed by atoms with van der Waals surface area (Å²) in [7, 11) is 1.74. The van der Waals surface area contributed by atoms with Gasteiger partial charge in [-0.25, -0.2) is 4.79 Å². The van der Waals surface area contributed by atoms with E-state index in [2.05, 4.69) is 32.2 Å². The number of methoxy groups -OCH3 is 1. The fraction of sp³-hybridized carbons (Fsp3) is 0.833. The van der Waals surface area contributed by atoms with E-state index in [1.807, 2.05) is 13.8 Å². The summed E-state index contributed by atoms with van der Waals surface area (Å²) in [5.74, 6) is -0.220. The lowest BCUT2D eigenvalue weighted by Crippen LogP contribution is -2.62. The van der Waals surface area contributed by atoms with Gasteiger partial charge in [-0.1, -0.05) is 25.5 Å². The predicted molar refractivity (Wildman–Crippen MR) is 198 cm³/mol. The standard InChI is InChI=1S/C42H64N2O9/c1-27(2)12-14-33-39(5,53-33)36-35(50-6)29(16-17-42(36)26-52-42)43-38(49)41-21-18-40(19-22-41,20-23-41)32(46)11-7-8-25-51-37(48)30-10-9-24-44(30)34(47)15-13-31(45)28(3)4/h12,28-30,33,35-36H,7-11,13-26H2,1-6H3,(H,43,49)/t29-,30-,33-,35-,36-,39+,40?,41?,42+/m1/s1. The molecule has 2 bridgehead atoms. The maximum absolute atomic E-state index is 14.1. The summed E-state index contributed by atoms with van der Waals surface area (Å²) in [5, 5.41) is 3.46. The van der Waals surface area contributed by atoms with Crippen molar-refractivity contribution in [2.24, 2.45) is 22.7 Å². The van der Waals surface area contributed by atoms with Crippen LogP contribution in [-0.4, -0.2) is 96.6 Å². The van der Waals surface area contributed by atoms with Gasteiger partial charge >= 0.3 is 5.97 Å². The van der Waals surface area contributed by atoms with Crippen molar-refractivity contribution in [3.8, 4) is 0 Å². The molecule has 7 fully saturated rings. The third kappa shape index (κ3) is 8.18. The van der Waals surface area contributed by atoms with Gasteiger partial charge < -0.3 is 29.2 Å². The number of fused-ring (bicyclic) bond motifs is 3. The van der Waals surface area contributed by atoms with Crippen molar-refractivity contribution in [2.45, 2.75) is 173 Å². The number of esters is 1. The highest BCUT2D eigenvalue weighted by Gasteiger charge is 2.72. The minimum absolute atomic E-state index is 0.0395. The van der Waals surface area contributed by atoms with E-state index >= 15 is 0 Å². The van der Waals surface area contributed by atoms with E-state index in [-0.39, 0.29) is 89.5 Å². The Morgan fingerprint density at radius 2 is 1.60 bits per heavy atom. The summed E-state index contributed by atoms with van der Waals surface area (Å²) >= 11 is 0. The van der Waals surface area contributed by atoms with Crippen molar-refractivity contribution in [1.82, 2.24) is 10.2 Å². The SMILES string of the molecule is CO[C@@H]1[C@H](NC(=O)C23CCC(C(=O)CCCCOC(=O)[C@H]4CCCN4C(=O)CCC(=O)C(C)C)(CC2)CC3)CC[C@]2(CO2)[C@H]1[C@@]1(C)O[C@@H]1CC=C(C)C. The topological polar surface area (TPSA) is 144 Å². The molecule has 3 aliphatic heterocycles. The van der Waals surface area contributed by atoms with Crippen LogP contribution in [0.3, 0.4) is 0 Å². The van der Waals surface area contributed by atoms with Gasteiger partial charge in [-0.05, 0) is 104 Å². The molecule has 1 spiro atoms. The molecule has 2 amide bonds. The van der Waals surface area contributed by atoms with Gasteiger partial charge in [0.2, 0.25) is 11.8 Å². The molecule has 1 N–H and O–H groups in total. The summed E-state index contributed by atoms with van der Waals surface area (Å²) in [4.78, 5) is 66.8. The predicted octanol–water partition coefficient (Wildman–Crippen LogP) is 5.80. The molecule has 3 heterocycles. The third-order valence-corrected chi connectivity index (χ3v) is 14.0. The Labute approximate surface area is 316 Å². The number of nitrogens with zero attached hydrogens (tertiary/aromatic N) is 1. The lowest BCUT2D eigenvalue weighted by atomic mass is 9.52. The molecule has 0 unspecified atom stereocenters. The van der Waals surface area contributed by atoms with E-state index < -0.39 is 17.4 Å². The molecule has 4 aliphatic carbocycles. The summed E-state index contributed by atoms with van der Waals surface area (Å²) in [6.45, 7) is 11.5. The Morgan fingerprint density at radius 1 is 0.925 bits per heavy atom. The molecule has 11 nitrogen and oxygen atoms in total. The van der Waals surface area contributed by atoms with Crippen LogP contribution in [0.4, 0.5) is 0 Å². The fourth-order valence-electron chi connectivity index (χ4n) is 10.3. The average Bonchev–Trinajstić information content (AvgIpc) is 4.00. The second-order valence-corrected chi connectivity index (χ2v) is 17.9. The number of Topliss-reactive ketones (excluding diaryl/α,β-unsaturated/α-hetero) is 2. The smallest absolute Gasteiger partial charge is 0.328 e. The maximum Gasteiger partial charge on any atom is 0.328 e. The average molecular weight is 741 g/mol. The van der Waals surface area contributed by atoms with E-state index in [0.717, 1.165) is 64.2 Å². The van der Waals surface area contributed by atoms with Crippen molar-refractivity contribution in [3.05, 3.63) is 11.6 Å². The maximum atomic E-state index is 14.1. The number of unbranched alkanes of at least 4 members (excludes halogenated alkanes) is 1. The molecular formula is C42H64N2O9. The van der Waals surface area contributed by atoms with Crippen molar-refractivity contribution in [2.75, 3.05) is 26.9 Å². The molecule has 7 atom stereocenters. The number of epoxide rings is 2. The van der Waals surface area contributed by atoms with E-state index in [1.165, 1.54) is 5.57 Å². The zero-order valence-electron chi connectivity index (χ0n) is 33.1. The Balaban J connectivity index is 0.938. The highest BCUT2D eigenvalue weighted by Crippen LogP contribution is 2.60. The number of carbonyl (C=O) groups is 5. The number of ketones is 2. The zero-order valence-corrected chi connectivity index (χ0v) is 33.1. The van der Waals surface area contributed by atoms with Gasteiger partial charge in [0.1, 0.15) is 23.2 Å². The molecule has 3 saturated heterocycles. The number of rotatable bonds is 17. The quantitative estimate of drug-likeness (QED) is 0.0847. The lowest BCUT2D eigenvalue weighted by Gasteiger charge is -2.52. The van der Waals surface area contributed by atoms with Crippen LogP contribution in [0, 0.1) is 22.7 Å². The molecule has 7 rings (SSSR count). The van der Waals surface area contributed by atoms with Gasteiger partial charge in [-0.2, -0.15) is 0 Å². The molecule has 53 heavy (non-hydrogen) atoms. The number of allylic oxidation sites excluding steroid dienone is 1. The van der Waals surface area contributed by atoms with E-state index in [4.69, 9.17) is 18.9 Å². The number of carbonyl (C=O) groups excluding carboxylic acids is 5. The molecular weight excluding hydrogens is 676 g/mol. The second kappa shape index (κ2) is 15.8. The van der Waals surface area contributed by atoms with Gasteiger partial charge in [-0.3, -0.25) is 19.2 Å². The zero-order chi connectivity index (χ0) is 38.2. The largest absolute Gasteiger partial charge is 0.464 e. The van der Waals surface area contributed by atoms with Gasteiger partial charge in [0.05, 0.1) is 37.1 Å². The number of hydrogen-bond acceptors (Lipinski definition) is 9. The molecule has 296 valence electrons. The van der Waals surface area contributed by atoms with E-state index in [0.29, 0.717) is 38.8 Å². The minimum atomic E-state index is -0.594. The molecule has 11 heteroatoms. The number of hydrogen-bond donors (Lipinski definition) is 1. The Hall–Kier alpha value is -2.63. The summed E-state index contributed by atoms with van der Waals surface area (Å²) in [6, 6.07) is -0.711. The van der Waals surface area contributed by atoms with Crippen LogP contribution in [-0.2, 0) is 42.9 Å². The van der Waals surface area contributed by atoms with Crippen LogP contribution in [0.2, 0.25) is 0 Å². The molecule has 7 aliphatic rings. The van der Waals surface area contributed by atoms with Crippen LogP contribution in [0.15, 0.2) is 11.6 Å². The molecule has 0 aromatic rings. The van der Waals surface area contributed by atoms with Gasteiger partial charge in [0.25, 0.3) is 0 Å². The summed E-state index contributed by atoms with van der Waals surface area (Å²) in [6.07, 6.45) is 12.3. The van der Waals surface area contributed by atoms with Crippen molar-refractivity contribution >= 4 is 29.4 Å². The third-order valence-electron chi connectivity index (χ3n) is 14.0. The Morgan fingerprint density at radius 3 is 2.23 bits per heavy atom. The summed E-state index contributed by atoms with van der Waals surface area (Å²) in [5.41, 5.74) is -0.118. The van der Waals surface area contributed by atoms with Gasteiger partial charge in [0, 0.05) is 55.6 Å². The first kappa shape index (κ1) is 40.0. The number of amides is 2. The highest BCUT2D eigenvalue weighted by atomic mass is 16.6. The van der Waals surface area contributed by atoms with E-state index in [1.54, 1.807) is 12.0 Å². The van der Waals surface area contributed by atoms with Crippen LogP contribution < -0.4 is 5.32 Å². The van der Waals surface area contributed by atoms with Crippen molar-refractivity contribution in [3.63, 3.8) is 0 Å². The fourth-order valence-corrected chi connectivity index (χ4v) is 10.3. The van der Waals surface area contributed by atoms with Crippen molar-refractivity contribution < 1.29 is 42.9 Å². The van der Waals surface area contributed by atoms with E-state index in [9.17, 15) is 24.0 Å². The molecule has 0 aromatic heterocycles. The van der Waals surface area contributed by atoms with Crippen LogP contribution >= 0.6 is 0 Å². The van der Waals surface area contributed by atoms with Gasteiger partial charge in [0.15, 0.2) is 0 Å². The Kier molecular flexibility index (Phi) is 12.0. The van der Waals surface area contributed by atoms with Crippen LogP contribution in [0.5, 0.6) is 0 Å². The Bertz CT molecular complexity index is 1420. The molecule has 4 saturated carbocycles. The second-order valence-electron chi connectivity index (χ2n) is 17.9. The monoisotopic (exact) mass is 740 g/mol. The summed E-state index contributed by atoms with van der Waals surface area (Å²) < 4.78 is 24.2. The van der Waals surface area contributed by atoms with Gasteiger partial charge in [-0.15, -0.1) is 0 Å².